The lowest BCUT2D eigenvalue weighted by Crippen LogP contribution is -2.38. The Labute approximate surface area is 70.4 Å². The molecule has 1 saturated carbocycles. The van der Waals surface area contributed by atoms with E-state index in [2.05, 4.69) is 0 Å². The van der Waals surface area contributed by atoms with Crippen molar-refractivity contribution in [3.8, 4) is 0 Å². The summed E-state index contributed by atoms with van der Waals surface area (Å²) in [6.07, 6.45) is -2.99. The van der Waals surface area contributed by atoms with Gasteiger partial charge in [-0.3, -0.25) is 0 Å². The van der Waals surface area contributed by atoms with E-state index in [1.54, 1.807) is 0 Å². The van der Waals surface area contributed by atoms with Gasteiger partial charge in [0, 0.05) is 18.6 Å². The monoisotopic (exact) mass is 177 g/mol. The van der Waals surface area contributed by atoms with Crippen LogP contribution in [-0.2, 0) is 0 Å². The Bertz CT molecular complexity index is 140. The van der Waals surface area contributed by atoms with Crippen molar-refractivity contribution >= 4 is 0 Å². The number of aliphatic hydroxyl groups excluding tert-OH is 4. The summed E-state index contributed by atoms with van der Waals surface area (Å²) in [7, 11) is 0. The molecular weight excluding hydrogens is 162 g/mol. The molecule has 0 spiro atoms. The van der Waals surface area contributed by atoms with Gasteiger partial charge in [-0.1, -0.05) is 0 Å². The number of hydrogen-bond donors (Lipinski definition) is 5. The van der Waals surface area contributed by atoms with Crippen LogP contribution in [0.4, 0.5) is 0 Å². The van der Waals surface area contributed by atoms with E-state index >= 15 is 0 Å². The number of aliphatic hydroxyl groups is 4. The summed E-state index contributed by atoms with van der Waals surface area (Å²) < 4.78 is 0. The second kappa shape index (κ2) is 3.68. The highest BCUT2D eigenvalue weighted by atomic mass is 16.4. The van der Waals surface area contributed by atoms with Crippen molar-refractivity contribution in [1.82, 2.24) is 0 Å². The Morgan fingerprint density at radius 3 is 1.92 bits per heavy atom. The van der Waals surface area contributed by atoms with E-state index in [0.29, 0.717) is 6.42 Å². The highest BCUT2D eigenvalue weighted by Gasteiger charge is 2.46. The molecule has 5 atom stereocenters. The van der Waals surface area contributed by atoms with Crippen LogP contribution in [0.3, 0.4) is 0 Å². The maximum atomic E-state index is 9.33. The Morgan fingerprint density at radius 1 is 1.00 bits per heavy atom. The zero-order valence-corrected chi connectivity index (χ0v) is 6.67. The van der Waals surface area contributed by atoms with Crippen molar-refractivity contribution in [1.29, 1.82) is 0 Å². The Kier molecular flexibility index (Phi) is 3.03. The van der Waals surface area contributed by atoms with Gasteiger partial charge in [0.15, 0.2) is 0 Å². The van der Waals surface area contributed by atoms with E-state index in [4.69, 9.17) is 10.8 Å². The van der Waals surface area contributed by atoms with Gasteiger partial charge in [0.2, 0.25) is 0 Å². The number of hydrogen-bond acceptors (Lipinski definition) is 5. The molecule has 1 fully saturated rings. The van der Waals surface area contributed by atoms with Gasteiger partial charge < -0.3 is 26.2 Å². The first-order chi connectivity index (χ1) is 5.59. The summed E-state index contributed by atoms with van der Waals surface area (Å²) in [5.41, 5.74) is 5.51. The van der Waals surface area contributed by atoms with Gasteiger partial charge in [-0.25, -0.2) is 0 Å². The van der Waals surface area contributed by atoms with E-state index in [-0.39, 0.29) is 6.61 Å². The van der Waals surface area contributed by atoms with Crippen LogP contribution in [0.5, 0.6) is 0 Å². The van der Waals surface area contributed by atoms with Crippen LogP contribution in [0.2, 0.25) is 0 Å². The molecule has 72 valence electrons. The summed E-state index contributed by atoms with van der Waals surface area (Å²) in [5.74, 6) is -0.417. The third-order valence-electron chi connectivity index (χ3n) is 2.49. The fourth-order valence-electron chi connectivity index (χ4n) is 1.68. The molecule has 0 unspecified atom stereocenters. The molecule has 0 aliphatic heterocycles. The van der Waals surface area contributed by atoms with Crippen LogP contribution in [-0.4, -0.2) is 51.4 Å². The minimum atomic E-state index is -1.18. The van der Waals surface area contributed by atoms with Crippen LogP contribution in [0.25, 0.3) is 0 Å². The normalized spacial score (nSPS) is 48.2. The van der Waals surface area contributed by atoms with E-state index in [1.807, 2.05) is 0 Å². The summed E-state index contributed by atoms with van der Waals surface area (Å²) in [6.45, 7) is -0.102. The van der Waals surface area contributed by atoms with Crippen LogP contribution in [0, 0.1) is 5.92 Å². The summed E-state index contributed by atoms with van der Waals surface area (Å²) in [6, 6.07) is -0.651. The summed E-state index contributed by atoms with van der Waals surface area (Å²) in [4.78, 5) is 0. The van der Waals surface area contributed by atoms with Crippen molar-refractivity contribution in [3.63, 3.8) is 0 Å². The van der Waals surface area contributed by atoms with E-state index < -0.39 is 30.3 Å². The third kappa shape index (κ3) is 1.46. The average molecular weight is 177 g/mol. The molecule has 1 aliphatic rings. The van der Waals surface area contributed by atoms with Crippen LogP contribution in [0.1, 0.15) is 6.42 Å². The second-order valence-corrected chi connectivity index (χ2v) is 3.23. The maximum Gasteiger partial charge on any atom is 0.108 e. The lowest BCUT2D eigenvalue weighted by molar-refractivity contribution is -0.0282. The minimum absolute atomic E-state index is 0.102. The van der Waals surface area contributed by atoms with E-state index in [1.165, 1.54) is 0 Å². The fraction of sp³-hybridized carbons (Fsp3) is 1.00. The topological polar surface area (TPSA) is 107 Å². The minimum Gasteiger partial charge on any atom is -0.396 e. The molecule has 0 saturated heterocycles. The van der Waals surface area contributed by atoms with Gasteiger partial charge in [0.25, 0.3) is 0 Å². The summed E-state index contributed by atoms with van der Waals surface area (Å²) >= 11 is 0. The van der Waals surface area contributed by atoms with Gasteiger partial charge in [0.1, 0.15) is 6.10 Å². The molecule has 0 aromatic rings. The van der Waals surface area contributed by atoms with Gasteiger partial charge in [0.05, 0.1) is 12.2 Å². The second-order valence-electron chi connectivity index (χ2n) is 3.23. The molecule has 12 heavy (non-hydrogen) atoms. The molecule has 0 bridgehead atoms. The number of nitrogens with two attached hydrogens (primary N) is 1. The first kappa shape index (κ1) is 9.88. The van der Waals surface area contributed by atoms with Crippen molar-refractivity contribution in [2.24, 2.45) is 11.7 Å². The molecule has 0 radical (unpaired) electrons. The van der Waals surface area contributed by atoms with Gasteiger partial charge in [-0.2, -0.15) is 0 Å². The lowest BCUT2D eigenvalue weighted by atomic mass is 9.98. The highest BCUT2D eigenvalue weighted by Crippen LogP contribution is 2.28. The predicted octanol–water partition coefficient (Wildman–Crippen LogP) is -2.59. The largest absolute Gasteiger partial charge is 0.396 e. The molecule has 0 aromatic carbocycles. The molecule has 1 rings (SSSR count). The number of rotatable bonds is 2. The van der Waals surface area contributed by atoms with Gasteiger partial charge in [-0.15, -0.1) is 0 Å². The van der Waals surface area contributed by atoms with Gasteiger partial charge in [-0.05, 0) is 6.42 Å². The standard InChI is InChI=1S/C7H15NO4/c8-4-3(1-2-9)5(10)7(12)6(4)11/h3-7,9-12H,1-2,8H2/t3-,4+,5+,6+,7+/m1/s1. The molecule has 0 heterocycles. The molecule has 5 heteroatoms. The summed E-state index contributed by atoms with van der Waals surface area (Å²) in [5, 5.41) is 36.3. The van der Waals surface area contributed by atoms with Crippen molar-refractivity contribution in [2.75, 3.05) is 6.61 Å². The SMILES string of the molecule is N[C@@H]1[C@H](O)[C@@H](O)[C@@H](O)[C@@H]1CCO. The van der Waals surface area contributed by atoms with Crippen LogP contribution >= 0.6 is 0 Å². The predicted molar refractivity (Wildman–Crippen MR) is 41.2 cm³/mol. The van der Waals surface area contributed by atoms with Crippen molar-refractivity contribution in [3.05, 3.63) is 0 Å². The molecule has 5 nitrogen and oxygen atoms in total. The Morgan fingerprint density at radius 2 is 1.58 bits per heavy atom. The molecular formula is C7H15NO4. The van der Waals surface area contributed by atoms with Gasteiger partial charge >= 0.3 is 0 Å². The molecule has 6 N–H and O–H groups in total. The average Bonchev–Trinajstić information content (AvgIpc) is 2.23. The zero-order chi connectivity index (χ0) is 9.30. The highest BCUT2D eigenvalue weighted by molar-refractivity contribution is 5.00. The fourth-order valence-corrected chi connectivity index (χ4v) is 1.68. The molecule has 1 aliphatic carbocycles. The molecule has 0 aromatic heterocycles. The van der Waals surface area contributed by atoms with Crippen molar-refractivity contribution < 1.29 is 20.4 Å². The zero-order valence-electron chi connectivity index (χ0n) is 6.67. The van der Waals surface area contributed by atoms with Crippen LogP contribution < -0.4 is 5.73 Å². The third-order valence-corrected chi connectivity index (χ3v) is 2.49. The van der Waals surface area contributed by atoms with Crippen molar-refractivity contribution in [2.45, 2.75) is 30.8 Å². The quantitative estimate of drug-likeness (QED) is 0.318. The first-order valence-corrected chi connectivity index (χ1v) is 4.00. The smallest absolute Gasteiger partial charge is 0.108 e. The van der Waals surface area contributed by atoms with Crippen LogP contribution in [0.15, 0.2) is 0 Å². The lowest BCUT2D eigenvalue weighted by Gasteiger charge is -2.17. The maximum absolute atomic E-state index is 9.33. The van der Waals surface area contributed by atoms with E-state index in [0.717, 1.165) is 0 Å². The van der Waals surface area contributed by atoms with E-state index in [9.17, 15) is 15.3 Å². The molecule has 0 amide bonds. The Hall–Kier alpha value is -0.200. The Balaban J connectivity index is 2.62. The first-order valence-electron chi connectivity index (χ1n) is 4.00.